The largest absolute Gasteiger partial charge is 0.479 e. The van der Waals surface area contributed by atoms with Crippen LogP contribution in [0.15, 0.2) is 0 Å². The van der Waals surface area contributed by atoms with Gasteiger partial charge in [-0.3, -0.25) is 4.79 Å². The standard InChI is InChI=1S/C17H29NO3/c1-12-8-4-7-11-17(12,15(20)21)18-14(19)13-9-5-6-10-16(13,2)3/h12-13H,4-11H2,1-3H3,(H,18,19)(H,20,21). The molecule has 2 N–H and O–H groups in total. The Hall–Kier alpha value is -1.06. The minimum absolute atomic E-state index is 0.000553. The van der Waals surface area contributed by atoms with Gasteiger partial charge in [0.1, 0.15) is 5.54 Å². The van der Waals surface area contributed by atoms with Gasteiger partial charge in [0.15, 0.2) is 0 Å². The minimum Gasteiger partial charge on any atom is -0.479 e. The molecule has 0 aliphatic heterocycles. The lowest BCUT2D eigenvalue weighted by atomic mass is 9.67. The van der Waals surface area contributed by atoms with Gasteiger partial charge in [-0.25, -0.2) is 4.79 Å². The van der Waals surface area contributed by atoms with Crippen LogP contribution in [0.4, 0.5) is 0 Å². The number of carbonyl (C=O) groups excluding carboxylic acids is 1. The highest BCUT2D eigenvalue weighted by Gasteiger charge is 2.48. The van der Waals surface area contributed by atoms with Crippen molar-refractivity contribution >= 4 is 11.9 Å². The second kappa shape index (κ2) is 5.98. The molecule has 0 spiro atoms. The first kappa shape index (κ1) is 16.3. The maximum absolute atomic E-state index is 12.8. The van der Waals surface area contributed by atoms with Crippen LogP contribution in [0.25, 0.3) is 0 Å². The molecule has 3 unspecified atom stereocenters. The van der Waals surface area contributed by atoms with E-state index in [9.17, 15) is 14.7 Å². The average molecular weight is 295 g/mol. The van der Waals surface area contributed by atoms with Gasteiger partial charge in [0.05, 0.1) is 0 Å². The normalized spacial score (nSPS) is 36.0. The van der Waals surface area contributed by atoms with E-state index in [1.165, 1.54) is 0 Å². The fourth-order valence-corrected chi connectivity index (χ4v) is 4.19. The molecule has 0 radical (unpaired) electrons. The maximum Gasteiger partial charge on any atom is 0.329 e. The van der Waals surface area contributed by atoms with Gasteiger partial charge in [0.2, 0.25) is 5.91 Å². The Morgan fingerprint density at radius 1 is 1.05 bits per heavy atom. The van der Waals surface area contributed by atoms with Crippen LogP contribution in [0.1, 0.15) is 72.1 Å². The average Bonchev–Trinajstić information content (AvgIpc) is 2.40. The van der Waals surface area contributed by atoms with Gasteiger partial charge in [0, 0.05) is 5.92 Å². The number of rotatable bonds is 3. The Bertz CT molecular complexity index is 418. The van der Waals surface area contributed by atoms with Gasteiger partial charge in [-0.15, -0.1) is 0 Å². The predicted molar refractivity (Wildman–Crippen MR) is 81.9 cm³/mol. The molecule has 0 aromatic rings. The molecule has 4 heteroatoms. The molecular formula is C17H29NO3. The first-order valence-corrected chi connectivity index (χ1v) is 8.35. The second-order valence-electron chi connectivity index (χ2n) is 7.70. The maximum atomic E-state index is 12.8. The Morgan fingerprint density at radius 2 is 1.67 bits per heavy atom. The highest BCUT2D eigenvalue weighted by Crippen LogP contribution is 2.42. The summed E-state index contributed by atoms with van der Waals surface area (Å²) < 4.78 is 0. The zero-order chi connectivity index (χ0) is 15.7. The van der Waals surface area contributed by atoms with Gasteiger partial charge in [0.25, 0.3) is 0 Å². The van der Waals surface area contributed by atoms with Crippen LogP contribution in [-0.4, -0.2) is 22.5 Å². The van der Waals surface area contributed by atoms with Crippen LogP contribution in [0.2, 0.25) is 0 Å². The summed E-state index contributed by atoms with van der Waals surface area (Å²) in [6.45, 7) is 6.22. The molecule has 120 valence electrons. The molecule has 4 nitrogen and oxygen atoms in total. The van der Waals surface area contributed by atoms with E-state index in [2.05, 4.69) is 19.2 Å². The zero-order valence-corrected chi connectivity index (χ0v) is 13.6. The molecule has 2 aliphatic carbocycles. The van der Waals surface area contributed by atoms with E-state index in [4.69, 9.17) is 0 Å². The van der Waals surface area contributed by atoms with Crippen molar-refractivity contribution in [1.82, 2.24) is 5.32 Å². The Labute approximate surface area is 127 Å². The molecular weight excluding hydrogens is 266 g/mol. The minimum atomic E-state index is -1.05. The van der Waals surface area contributed by atoms with E-state index < -0.39 is 11.5 Å². The molecule has 0 aromatic heterocycles. The topological polar surface area (TPSA) is 66.4 Å². The number of amides is 1. The number of aliphatic carboxylic acids is 1. The summed E-state index contributed by atoms with van der Waals surface area (Å²) in [5, 5.41) is 12.7. The fraction of sp³-hybridized carbons (Fsp3) is 0.882. The number of carbonyl (C=O) groups is 2. The van der Waals surface area contributed by atoms with Crippen LogP contribution in [0, 0.1) is 17.3 Å². The van der Waals surface area contributed by atoms with E-state index in [0.717, 1.165) is 44.9 Å². The number of nitrogens with one attached hydrogen (secondary N) is 1. The third-order valence-corrected chi connectivity index (χ3v) is 5.85. The molecule has 0 saturated heterocycles. The van der Waals surface area contributed by atoms with Gasteiger partial charge in [-0.05, 0) is 37.0 Å². The van der Waals surface area contributed by atoms with Crippen molar-refractivity contribution in [3.8, 4) is 0 Å². The second-order valence-corrected chi connectivity index (χ2v) is 7.70. The fourth-order valence-electron chi connectivity index (χ4n) is 4.19. The molecule has 0 bridgehead atoms. The van der Waals surface area contributed by atoms with Crippen LogP contribution >= 0.6 is 0 Å². The molecule has 0 aromatic carbocycles. The van der Waals surface area contributed by atoms with E-state index in [1.54, 1.807) is 0 Å². The van der Waals surface area contributed by atoms with Crippen molar-refractivity contribution in [3.63, 3.8) is 0 Å². The van der Waals surface area contributed by atoms with Gasteiger partial charge < -0.3 is 10.4 Å². The van der Waals surface area contributed by atoms with Crippen molar-refractivity contribution in [3.05, 3.63) is 0 Å². The monoisotopic (exact) mass is 295 g/mol. The third kappa shape index (κ3) is 3.09. The summed E-state index contributed by atoms with van der Waals surface area (Å²) >= 11 is 0. The molecule has 2 fully saturated rings. The Morgan fingerprint density at radius 3 is 2.24 bits per heavy atom. The lowest BCUT2D eigenvalue weighted by molar-refractivity contribution is -0.154. The first-order valence-electron chi connectivity index (χ1n) is 8.35. The lowest BCUT2D eigenvalue weighted by Crippen LogP contribution is -2.62. The number of hydrogen-bond acceptors (Lipinski definition) is 2. The van der Waals surface area contributed by atoms with Crippen molar-refractivity contribution in [2.45, 2.75) is 77.7 Å². The highest BCUT2D eigenvalue weighted by atomic mass is 16.4. The summed E-state index contributed by atoms with van der Waals surface area (Å²) in [4.78, 5) is 24.6. The van der Waals surface area contributed by atoms with Crippen LogP contribution in [-0.2, 0) is 9.59 Å². The zero-order valence-electron chi connectivity index (χ0n) is 13.6. The predicted octanol–water partition coefficient (Wildman–Crippen LogP) is 3.35. The summed E-state index contributed by atoms with van der Waals surface area (Å²) in [5.41, 5.74) is -1.08. The van der Waals surface area contributed by atoms with Crippen molar-refractivity contribution < 1.29 is 14.7 Å². The quantitative estimate of drug-likeness (QED) is 0.839. The highest BCUT2D eigenvalue weighted by molar-refractivity contribution is 5.88. The van der Waals surface area contributed by atoms with E-state index in [-0.39, 0.29) is 23.2 Å². The molecule has 2 saturated carbocycles. The number of carboxylic acids is 1. The van der Waals surface area contributed by atoms with E-state index >= 15 is 0 Å². The van der Waals surface area contributed by atoms with E-state index in [0.29, 0.717) is 6.42 Å². The van der Waals surface area contributed by atoms with Crippen molar-refractivity contribution in [2.24, 2.45) is 17.3 Å². The Balaban J connectivity index is 2.17. The lowest BCUT2D eigenvalue weighted by Gasteiger charge is -2.43. The number of hydrogen-bond donors (Lipinski definition) is 2. The Kier molecular flexibility index (Phi) is 4.64. The summed E-state index contributed by atoms with van der Waals surface area (Å²) in [7, 11) is 0. The van der Waals surface area contributed by atoms with Crippen molar-refractivity contribution in [1.29, 1.82) is 0 Å². The summed E-state index contributed by atoms with van der Waals surface area (Å²) in [6.07, 6.45) is 7.52. The summed E-state index contributed by atoms with van der Waals surface area (Å²) in [5.74, 6) is -0.969. The molecule has 2 aliphatic rings. The third-order valence-electron chi connectivity index (χ3n) is 5.85. The first-order chi connectivity index (χ1) is 9.79. The SMILES string of the molecule is CC1CCCCC1(NC(=O)C1CCCCC1(C)C)C(=O)O. The van der Waals surface area contributed by atoms with Crippen LogP contribution in [0.5, 0.6) is 0 Å². The van der Waals surface area contributed by atoms with Gasteiger partial charge in [-0.1, -0.05) is 46.5 Å². The van der Waals surface area contributed by atoms with Crippen LogP contribution in [0.3, 0.4) is 0 Å². The molecule has 2 rings (SSSR count). The summed E-state index contributed by atoms with van der Waals surface area (Å²) in [6, 6.07) is 0. The van der Waals surface area contributed by atoms with E-state index in [1.807, 2.05) is 6.92 Å². The number of carboxylic acid groups (broad SMARTS) is 1. The molecule has 3 atom stereocenters. The molecule has 0 heterocycles. The van der Waals surface area contributed by atoms with Gasteiger partial charge >= 0.3 is 5.97 Å². The van der Waals surface area contributed by atoms with Crippen molar-refractivity contribution in [2.75, 3.05) is 0 Å². The molecule has 21 heavy (non-hydrogen) atoms. The van der Waals surface area contributed by atoms with Gasteiger partial charge in [-0.2, -0.15) is 0 Å². The van der Waals surface area contributed by atoms with Crippen LogP contribution < -0.4 is 5.32 Å². The molecule has 1 amide bonds. The smallest absolute Gasteiger partial charge is 0.329 e.